The average Bonchev–Trinajstić information content (AvgIpc) is 3.14. The summed E-state index contributed by atoms with van der Waals surface area (Å²) in [5.74, 6) is -1.92. The quantitative estimate of drug-likeness (QED) is 0.557. The van der Waals surface area contributed by atoms with Crippen LogP contribution < -0.4 is 10.1 Å². The van der Waals surface area contributed by atoms with Gasteiger partial charge in [0, 0.05) is 17.0 Å². The van der Waals surface area contributed by atoms with Gasteiger partial charge in [-0.25, -0.2) is 13.8 Å². The molecule has 2 aromatic carbocycles. The molecule has 2 N–H and O–H groups in total. The Labute approximate surface area is 158 Å². The lowest BCUT2D eigenvalue weighted by Gasteiger charge is -2.06. The van der Waals surface area contributed by atoms with Crippen LogP contribution in [0.4, 0.5) is 14.5 Å². The first-order valence-corrected chi connectivity index (χ1v) is 8.30. The molecule has 140 valence electrons. The molecule has 0 saturated heterocycles. The Bertz CT molecular complexity index is 1170. The second kappa shape index (κ2) is 7.07. The third-order valence-corrected chi connectivity index (χ3v) is 4.24. The zero-order valence-corrected chi connectivity index (χ0v) is 14.7. The minimum atomic E-state index is -0.944. The number of nitrogens with one attached hydrogen (secondary N) is 2. The number of aromatic nitrogens is 3. The molecule has 6 nitrogen and oxygen atoms in total. The second-order valence-electron chi connectivity index (χ2n) is 5.98. The second-order valence-corrected chi connectivity index (χ2v) is 5.98. The summed E-state index contributed by atoms with van der Waals surface area (Å²) < 4.78 is 32.7. The summed E-state index contributed by atoms with van der Waals surface area (Å²) in [4.78, 5) is 16.6. The van der Waals surface area contributed by atoms with E-state index in [1.807, 2.05) is 0 Å². The molecule has 0 unspecified atom stereocenters. The Morgan fingerprint density at radius 3 is 2.75 bits per heavy atom. The Balaban J connectivity index is 1.69. The largest absolute Gasteiger partial charge is 0.481 e. The van der Waals surface area contributed by atoms with Crippen molar-refractivity contribution < 1.29 is 18.3 Å². The van der Waals surface area contributed by atoms with Crippen molar-refractivity contribution >= 4 is 22.5 Å². The summed E-state index contributed by atoms with van der Waals surface area (Å²) in [7, 11) is 1.50. The highest BCUT2D eigenvalue weighted by atomic mass is 19.2. The number of anilines is 1. The molecule has 0 aliphatic rings. The van der Waals surface area contributed by atoms with Crippen LogP contribution in [0.5, 0.6) is 5.88 Å². The fourth-order valence-electron chi connectivity index (χ4n) is 2.85. The molecule has 0 aliphatic carbocycles. The highest BCUT2D eigenvalue weighted by Gasteiger charge is 2.17. The van der Waals surface area contributed by atoms with Crippen LogP contribution in [0.2, 0.25) is 0 Å². The number of halogens is 2. The number of carbonyl (C=O) groups excluding carboxylic acids is 1. The van der Waals surface area contributed by atoms with Crippen LogP contribution in [0.3, 0.4) is 0 Å². The van der Waals surface area contributed by atoms with Gasteiger partial charge in [0.1, 0.15) is 0 Å². The number of hydrogen-bond donors (Lipinski definition) is 2. The van der Waals surface area contributed by atoms with E-state index in [1.54, 1.807) is 30.3 Å². The molecule has 2 aromatic heterocycles. The lowest BCUT2D eigenvalue weighted by Crippen LogP contribution is -2.13. The van der Waals surface area contributed by atoms with Crippen LogP contribution in [-0.4, -0.2) is 28.2 Å². The van der Waals surface area contributed by atoms with Gasteiger partial charge in [-0.3, -0.25) is 9.89 Å². The van der Waals surface area contributed by atoms with E-state index >= 15 is 0 Å². The third kappa shape index (κ3) is 3.16. The third-order valence-electron chi connectivity index (χ3n) is 4.24. The van der Waals surface area contributed by atoms with Crippen molar-refractivity contribution in [3.8, 4) is 17.0 Å². The van der Waals surface area contributed by atoms with Crippen LogP contribution in [0, 0.1) is 11.6 Å². The average molecular weight is 380 g/mol. The smallest absolute Gasteiger partial charge is 0.276 e. The first-order chi connectivity index (χ1) is 13.6. The summed E-state index contributed by atoms with van der Waals surface area (Å²) in [6.45, 7) is 0. The van der Waals surface area contributed by atoms with Gasteiger partial charge in [0.2, 0.25) is 5.88 Å². The maximum Gasteiger partial charge on any atom is 0.276 e. The first-order valence-electron chi connectivity index (χ1n) is 8.30. The van der Waals surface area contributed by atoms with Crippen molar-refractivity contribution in [3.05, 3.63) is 72.1 Å². The van der Waals surface area contributed by atoms with Crippen molar-refractivity contribution in [2.75, 3.05) is 12.4 Å². The number of nitrogens with zero attached hydrogens (tertiary/aromatic N) is 2. The summed E-state index contributed by atoms with van der Waals surface area (Å²) in [5, 5.41) is 9.99. The van der Waals surface area contributed by atoms with Gasteiger partial charge in [0.15, 0.2) is 17.3 Å². The van der Waals surface area contributed by atoms with Crippen molar-refractivity contribution in [3.63, 3.8) is 0 Å². The van der Waals surface area contributed by atoms with E-state index in [9.17, 15) is 13.6 Å². The number of methoxy groups -OCH3 is 1. The maximum atomic E-state index is 14.1. The zero-order chi connectivity index (χ0) is 19.7. The maximum absolute atomic E-state index is 14.1. The van der Waals surface area contributed by atoms with Crippen LogP contribution in [0.1, 0.15) is 10.5 Å². The molecule has 0 radical (unpaired) electrons. The molecule has 0 atom stereocenters. The van der Waals surface area contributed by atoms with Crippen molar-refractivity contribution in [2.24, 2.45) is 0 Å². The van der Waals surface area contributed by atoms with Gasteiger partial charge in [0.05, 0.1) is 24.5 Å². The van der Waals surface area contributed by atoms with Crippen LogP contribution in [0.15, 0.2) is 54.7 Å². The summed E-state index contributed by atoms with van der Waals surface area (Å²) in [6, 6.07) is 12.1. The summed E-state index contributed by atoms with van der Waals surface area (Å²) >= 11 is 0. The molecule has 0 bridgehead atoms. The normalized spacial score (nSPS) is 10.8. The number of hydrogen-bond acceptors (Lipinski definition) is 4. The fourth-order valence-corrected chi connectivity index (χ4v) is 2.85. The summed E-state index contributed by atoms with van der Waals surface area (Å²) in [6.07, 6.45) is 1.46. The molecule has 0 fully saturated rings. The first kappa shape index (κ1) is 17.6. The van der Waals surface area contributed by atoms with Crippen molar-refractivity contribution in [2.45, 2.75) is 0 Å². The van der Waals surface area contributed by atoms with Crippen molar-refractivity contribution in [1.29, 1.82) is 0 Å². The number of rotatable bonds is 4. The zero-order valence-electron chi connectivity index (χ0n) is 14.7. The molecule has 0 saturated carbocycles. The van der Waals surface area contributed by atoms with Gasteiger partial charge in [-0.15, -0.1) is 0 Å². The van der Waals surface area contributed by atoms with E-state index < -0.39 is 17.5 Å². The molecular weight excluding hydrogens is 366 g/mol. The monoisotopic (exact) mass is 380 g/mol. The Morgan fingerprint density at radius 2 is 2.00 bits per heavy atom. The van der Waals surface area contributed by atoms with E-state index in [-0.39, 0.29) is 11.3 Å². The number of fused-ring (bicyclic) bond motifs is 1. The number of benzene rings is 2. The predicted molar refractivity (Wildman–Crippen MR) is 100 cm³/mol. The molecule has 0 aliphatic heterocycles. The number of aromatic amines is 1. The molecule has 28 heavy (non-hydrogen) atoms. The van der Waals surface area contributed by atoms with E-state index in [2.05, 4.69) is 20.5 Å². The van der Waals surface area contributed by atoms with Crippen LogP contribution >= 0.6 is 0 Å². The van der Waals surface area contributed by atoms with Gasteiger partial charge in [0.25, 0.3) is 5.91 Å². The SMILES string of the molecule is COc1ccc(NC(=O)c2n[nH]c3ccc(-c4cccc(F)c4F)cc23)cn1. The molecule has 4 rings (SSSR count). The van der Waals surface area contributed by atoms with E-state index in [1.165, 1.54) is 25.4 Å². The Hall–Kier alpha value is -3.81. The van der Waals surface area contributed by atoms with Crippen LogP contribution in [0.25, 0.3) is 22.0 Å². The van der Waals surface area contributed by atoms with Gasteiger partial charge >= 0.3 is 0 Å². The lowest BCUT2D eigenvalue weighted by atomic mass is 10.0. The van der Waals surface area contributed by atoms with Crippen molar-refractivity contribution in [1.82, 2.24) is 15.2 Å². The highest BCUT2D eigenvalue weighted by molar-refractivity contribution is 6.11. The van der Waals surface area contributed by atoms with Gasteiger partial charge in [-0.1, -0.05) is 18.2 Å². The molecular formula is C20H14F2N4O2. The molecule has 8 heteroatoms. The van der Waals surface area contributed by atoms with Gasteiger partial charge in [-0.05, 0) is 29.8 Å². The van der Waals surface area contributed by atoms with Gasteiger partial charge in [-0.2, -0.15) is 5.10 Å². The Kier molecular flexibility index (Phi) is 4.44. The number of carbonyl (C=O) groups is 1. The highest BCUT2D eigenvalue weighted by Crippen LogP contribution is 2.28. The van der Waals surface area contributed by atoms with E-state index in [0.717, 1.165) is 6.07 Å². The number of amides is 1. The van der Waals surface area contributed by atoms with Crippen LogP contribution in [-0.2, 0) is 0 Å². The predicted octanol–water partition coefficient (Wildman–Crippen LogP) is 4.16. The molecule has 4 aromatic rings. The number of ether oxygens (including phenoxy) is 1. The Morgan fingerprint density at radius 1 is 1.14 bits per heavy atom. The number of pyridine rings is 1. The summed E-state index contributed by atoms with van der Waals surface area (Å²) in [5.41, 5.74) is 1.73. The number of H-pyrrole nitrogens is 1. The topological polar surface area (TPSA) is 79.9 Å². The minimum absolute atomic E-state index is 0.105. The fraction of sp³-hybridized carbons (Fsp3) is 0.0500. The lowest BCUT2D eigenvalue weighted by molar-refractivity contribution is 0.102. The molecule has 1 amide bonds. The molecule has 2 heterocycles. The molecule has 0 spiro atoms. The van der Waals surface area contributed by atoms with Gasteiger partial charge < -0.3 is 10.1 Å². The van der Waals surface area contributed by atoms with E-state index in [0.29, 0.717) is 28.0 Å². The minimum Gasteiger partial charge on any atom is -0.481 e. The standard InChI is InChI=1S/C20H14F2N4O2/c1-28-17-8-6-12(10-23-17)24-20(27)19-14-9-11(5-7-16(14)25-26-19)13-3-2-4-15(21)18(13)22/h2-10H,1H3,(H,24,27)(H,25,26). The van der Waals surface area contributed by atoms with E-state index in [4.69, 9.17) is 4.74 Å².